The molecule has 0 fully saturated rings. The van der Waals surface area contributed by atoms with Gasteiger partial charge in [0.2, 0.25) is 40.1 Å². The van der Waals surface area contributed by atoms with E-state index in [1.54, 1.807) is 0 Å². The summed E-state index contributed by atoms with van der Waals surface area (Å²) in [4.78, 5) is 25.6. The van der Waals surface area contributed by atoms with Gasteiger partial charge in [-0.3, -0.25) is 0 Å². The van der Waals surface area contributed by atoms with Crippen LogP contribution in [-0.2, 0) is 57.2 Å². The largest absolute Gasteiger partial charge is 2.00 e. The first kappa shape index (κ1) is 84.2. The third-order valence-electron chi connectivity index (χ3n) is 21.8. The van der Waals surface area contributed by atoms with Gasteiger partial charge in [-0.2, -0.15) is 0 Å². The van der Waals surface area contributed by atoms with E-state index >= 15 is 0 Å². The summed E-state index contributed by atoms with van der Waals surface area (Å²) in [7, 11) is -16.5. The quantitative estimate of drug-likeness (QED) is 0.0216. The van der Waals surface area contributed by atoms with Gasteiger partial charge in [-0.1, -0.05) is 102 Å². The summed E-state index contributed by atoms with van der Waals surface area (Å²) in [6, 6.07) is 15.1. The number of rotatable bonds is 32. The first-order valence-corrected chi connectivity index (χ1v) is 43.3. The molecule has 7 aromatic rings. The third kappa shape index (κ3) is 17.5. The van der Waals surface area contributed by atoms with E-state index in [1.165, 1.54) is 9.80 Å². The number of hydrogen-bond donors (Lipinski definition) is 6. The van der Waals surface area contributed by atoms with E-state index < -0.39 is 40.1 Å². The third-order valence-corrected chi connectivity index (χ3v) is 28.8. The SMILES string of the molecule is CCC(CC)CCNS(=O)(=O)c1c(C)cc(C)c(-c2c3nc(c(-c4c(C)cc(C)c(S(=O)(=O)NCCC(CC)CC)c4C)c4ccc([n-]4)c(-c4c(C)cc(C)c(S(=O)(=O)NCC[NH+](CC)CC)c4C)c4nc(c(-c5c(C)cc(C)c(S(=O)(=O)NCC[NH+](CC)CC)c5C)c5ccc2[n-]5)C=C4)C=C3)c1C.[Fe+2]. The first-order valence-electron chi connectivity index (χ1n) is 37.3. The van der Waals surface area contributed by atoms with E-state index in [2.05, 4.69) is 74.3 Å². The van der Waals surface area contributed by atoms with Crippen molar-refractivity contribution in [3.63, 3.8) is 0 Å². The molecule has 18 nitrogen and oxygen atoms in total. The zero-order chi connectivity index (χ0) is 76.2. The number of hydrogen-bond acceptors (Lipinski definition) is 10. The standard InChI is InChI=1S/C82H110N10O8S4.Fe/c1-21-61(22-2)37-39-83-101(93,94)79-53(13)45-49(9)71(57(79)17)75-63-29-30-64(87-63)76(72-50(10)46-54(14)80(58(72)18)102(95,96)84-40-38-62(23-3)24-4)66-32-34-68(89-66)78(74-52(12)48-56(16)82(60(74)20)104(99,100)86-42-44-92(27-7)28-8)70-36-35-69(90-70)77(67-33-31-65(75)88-67)73-51(11)47-55(15)81(59(73)19)103(97,98)85-41-43-91(25-5)26-6;/h29-36,45-48,61-62,83-86H,21-28,37-44H2,1-20H3;/q-2;+2/p+2. The van der Waals surface area contributed by atoms with Crippen molar-refractivity contribution < 1.29 is 60.5 Å². The molecule has 0 radical (unpaired) electrons. The van der Waals surface area contributed by atoms with Gasteiger partial charge in [0.1, 0.15) is 0 Å². The molecule has 4 aromatic carbocycles. The van der Waals surface area contributed by atoms with Gasteiger partial charge >= 0.3 is 17.1 Å². The molecule has 0 saturated carbocycles. The molecule has 0 unspecified atom stereocenters. The Labute approximate surface area is 637 Å². The van der Waals surface area contributed by atoms with Crippen LogP contribution >= 0.6 is 0 Å². The van der Waals surface area contributed by atoms with E-state index in [-0.39, 0.29) is 62.8 Å². The van der Waals surface area contributed by atoms with Crippen molar-refractivity contribution in [1.82, 2.24) is 38.8 Å². The van der Waals surface area contributed by atoms with Crippen LogP contribution in [0.15, 0.2) is 68.1 Å². The van der Waals surface area contributed by atoms with E-state index in [0.717, 1.165) is 74.1 Å². The Bertz CT molecular complexity index is 4530. The second-order valence-corrected chi connectivity index (χ2v) is 35.5. The number of benzene rings is 4. The molecule has 6 N–H and O–H groups in total. The number of quaternary nitrogens is 2. The Hall–Kier alpha value is -6.44. The minimum atomic E-state index is -4.14. The van der Waals surface area contributed by atoms with Crippen molar-refractivity contribution in [1.29, 1.82) is 0 Å². The van der Waals surface area contributed by atoms with Crippen LogP contribution in [0.2, 0.25) is 0 Å². The Morgan fingerprint density at radius 1 is 0.333 bits per heavy atom. The molecule has 0 atom stereocenters. The zero-order valence-electron chi connectivity index (χ0n) is 65.4. The number of sulfonamides is 4. The fourth-order valence-corrected chi connectivity index (χ4v) is 22.4. The molecule has 9 rings (SSSR count). The summed E-state index contributed by atoms with van der Waals surface area (Å²) in [6.45, 7) is 44.7. The Balaban J connectivity index is 0.0000139. The van der Waals surface area contributed by atoms with Gasteiger partial charge in [0.05, 0.1) is 94.7 Å². The number of nitrogens with zero attached hydrogens (tertiary/aromatic N) is 4. The average molecular weight is 1550 g/mol. The van der Waals surface area contributed by atoms with Crippen LogP contribution in [0.1, 0.15) is 183 Å². The maximum Gasteiger partial charge on any atom is 2.00 e. The van der Waals surface area contributed by atoms with Gasteiger partial charge in [-0.15, -0.1) is 22.1 Å². The summed E-state index contributed by atoms with van der Waals surface area (Å²) in [6.07, 6.45) is 12.6. The molecule has 5 heterocycles. The Morgan fingerprint density at radius 3 is 0.762 bits per heavy atom. The monoisotopic (exact) mass is 1550 g/mol. The van der Waals surface area contributed by atoms with Crippen molar-refractivity contribution in [3.8, 4) is 44.5 Å². The molecule has 0 spiro atoms. The predicted molar refractivity (Wildman–Crippen MR) is 427 cm³/mol. The van der Waals surface area contributed by atoms with Crippen molar-refractivity contribution in [3.05, 3.63) is 138 Å². The van der Waals surface area contributed by atoms with Gasteiger partial charge < -0.3 is 19.8 Å². The second kappa shape index (κ2) is 34.8. The van der Waals surface area contributed by atoms with Gasteiger partial charge in [0, 0.05) is 13.1 Å². The van der Waals surface area contributed by atoms with Crippen LogP contribution in [0, 0.1) is 94.9 Å². The van der Waals surface area contributed by atoms with Crippen LogP contribution < -0.4 is 38.7 Å². The second-order valence-electron chi connectivity index (χ2n) is 28.7. The van der Waals surface area contributed by atoms with Crippen molar-refractivity contribution >= 4 is 86.5 Å². The molecule has 0 amide bonds. The topological polar surface area (TPSA) is 248 Å². The van der Waals surface area contributed by atoms with Crippen LogP contribution in [-0.4, -0.2) is 109 Å². The maximum atomic E-state index is 15.0. The van der Waals surface area contributed by atoms with Crippen LogP contribution in [0.4, 0.5) is 0 Å². The summed E-state index contributed by atoms with van der Waals surface area (Å²) in [5, 5.41) is 0. The molecule has 23 heteroatoms. The number of fused-ring (bicyclic) bond motifs is 8. The van der Waals surface area contributed by atoms with E-state index in [4.69, 9.17) is 19.9 Å². The minimum Gasteiger partial charge on any atom is -0.657 e. The molecular weight excluding hydrogens is 1440 g/mol. The predicted octanol–water partition coefficient (Wildman–Crippen LogP) is 12.9. The summed E-state index contributed by atoms with van der Waals surface area (Å²) < 4.78 is 132. The summed E-state index contributed by atoms with van der Waals surface area (Å²) >= 11 is 0. The molecule has 2 aliphatic rings. The fraction of sp³-hybridized carbons (Fsp3) is 0.463. The molecule has 0 saturated heterocycles. The van der Waals surface area contributed by atoms with Gasteiger partial charge in [0.25, 0.3) is 0 Å². The molecule has 8 bridgehead atoms. The number of aryl methyl sites for hydroxylation is 8. The fourth-order valence-electron chi connectivity index (χ4n) is 16.4. The number of likely N-dealkylation sites (N-methyl/N-ethyl adjacent to an activating group) is 2. The summed E-state index contributed by atoms with van der Waals surface area (Å²) in [5.74, 6) is 0.688. The van der Waals surface area contributed by atoms with Crippen molar-refractivity contribution in [2.45, 2.75) is 197 Å². The molecule has 568 valence electrons. The molecule has 0 aliphatic carbocycles. The first-order chi connectivity index (χ1) is 49.2. The van der Waals surface area contributed by atoms with Gasteiger partial charge in [-0.05, 0) is 271 Å². The zero-order valence-corrected chi connectivity index (χ0v) is 69.8. The van der Waals surface area contributed by atoms with E-state index in [1.807, 2.05) is 156 Å². The minimum absolute atomic E-state index is 0. The van der Waals surface area contributed by atoms with Crippen molar-refractivity contribution in [2.24, 2.45) is 11.8 Å². The molecule has 105 heavy (non-hydrogen) atoms. The smallest absolute Gasteiger partial charge is 0.657 e. The number of nitrogens with one attached hydrogen (secondary N) is 6. The van der Waals surface area contributed by atoms with Gasteiger partial charge in [-0.25, -0.2) is 62.5 Å². The molecular formula is C82H112FeN10O8S4+2. The summed E-state index contributed by atoms with van der Waals surface area (Å²) in [5.41, 5.74) is 15.1. The van der Waals surface area contributed by atoms with E-state index in [0.29, 0.717) is 172 Å². The van der Waals surface area contributed by atoms with Gasteiger partial charge in [0.15, 0.2) is 0 Å². The normalized spacial score (nSPS) is 12.9. The van der Waals surface area contributed by atoms with Crippen molar-refractivity contribution in [2.75, 3.05) is 65.4 Å². The van der Waals surface area contributed by atoms with Crippen LogP contribution in [0.5, 0.6) is 0 Å². The Morgan fingerprint density at radius 2 is 0.552 bits per heavy atom. The molecule has 2 aliphatic heterocycles. The van der Waals surface area contributed by atoms with Crippen LogP contribution in [0.25, 0.3) is 90.9 Å². The molecule has 3 aromatic heterocycles. The maximum absolute atomic E-state index is 15.0. The van der Waals surface area contributed by atoms with E-state index in [9.17, 15) is 33.7 Å². The average Bonchev–Trinajstić information content (AvgIpc) is 1.67. The number of aromatic nitrogens is 4. The Kier molecular flexibility index (Phi) is 27.9. The van der Waals surface area contributed by atoms with Crippen LogP contribution in [0.3, 0.4) is 0 Å².